The zero-order valence-electron chi connectivity index (χ0n) is 33.0. The second kappa shape index (κ2) is 14.3. The molecule has 12 aromatic rings. The molecule has 0 fully saturated rings. The number of nitrogens with zero attached hydrogens (tertiary/aromatic N) is 3. The van der Waals surface area contributed by atoms with Crippen molar-refractivity contribution in [2.75, 3.05) is 0 Å². The Kier molecular flexibility index (Phi) is 8.13. The molecule has 4 heteroatoms. The smallest absolute Gasteiger partial charge is 0.162 e. The normalized spacial score (nSPS) is 11.6. The molecule has 0 unspecified atom stereocenters. The van der Waals surface area contributed by atoms with Crippen LogP contribution in [0.25, 0.3) is 122 Å². The minimum absolute atomic E-state index is 0.680. The molecule has 0 aliphatic carbocycles. The second-order valence-electron chi connectivity index (χ2n) is 15.5. The Morgan fingerprint density at radius 1 is 0.328 bits per heavy atom. The van der Waals surface area contributed by atoms with Crippen LogP contribution in [0.3, 0.4) is 0 Å². The molecule has 61 heavy (non-hydrogen) atoms. The largest absolute Gasteiger partial charge is 0.454 e. The van der Waals surface area contributed by atoms with Crippen molar-refractivity contribution in [3.63, 3.8) is 0 Å². The Morgan fingerprint density at radius 2 is 0.902 bits per heavy atom. The van der Waals surface area contributed by atoms with E-state index in [2.05, 4.69) is 176 Å². The van der Waals surface area contributed by atoms with E-state index >= 15 is 0 Å². The third-order valence-electron chi connectivity index (χ3n) is 11.9. The summed E-state index contributed by atoms with van der Waals surface area (Å²) in [4.78, 5) is 15.9. The van der Waals surface area contributed by atoms with Crippen molar-refractivity contribution in [1.82, 2.24) is 15.0 Å². The van der Waals surface area contributed by atoms with Gasteiger partial charge in [-0.1, -0.05) is 188 Å². The van der Waals surface area contributed by atoms with E-state index in [4.69, 9.17) is 19.4 Å². The second-order valence-corrected chi connectivity index (χ2v) is 15.5. The molecular weight excluding hydrogens is 743 g/mol. The average molecular weight is 778 g/mol. The molecule has 3 aromatic heterocycles. The van der Waals surface area contributed by atoms with Crippen LogP contribution in [0.2, 0.25) is 0 Å². The van der Waals surface area contributed by atoms with Crippen LogP contribution < -0.4 is 0 Å². The van der Waals surface area contributed by atoms with Crippen LogP contribution in [0.4, 0.5) is 0 Å². The maximum Gasteiger partial charge on any atom is 0.162 e. The van der Waals surface area contributed by atoms with Gasteiger partial charge >= 0.3 is 0 Å². The number of aromatic nitrogens is 3. The summed E-state index contributed by atoms with van der Waals surface area (Å²) in [5.41, 5.74) is 13.5. The van der Waals surface area contributed by atoms with Crippen molar-refractivity contribution in [1.29, 1.82) is 0 Å². The highest BCUT2D eigenvalue weighted by Gasteiger charge is 2.22. The molecule has 0 spiro atoms. The van der Waals surface area contributed by atoms with Crippen molar-refractivity contribution in [2.24, 2.45) is 0 Å². The molecule has 4 nitrogen and oxygen atoms in total. The Labute approximate surface area is 352 Å². The van der Waals surface area contributed by atoms with Gasteiger partial charge in [-0.15, -0.1) is 0 Å². The molecule has 3 heterocycles. The van der Waals surface area contributed by atoms with Gasteiger partial charge in [-0.25, -0.2) is 15.0 Å². The fourth-order valence-electron chi connectivity index (χ4n) is 8.94. The van der Waals surface area contributed by atoms with Gasteiger partial charge in [0.15, 0.2) is 11.4 Å². The number of fused-ring (bicyclic) bond motifs is 8. The van der Waals surface area contributed by atoms with Gasteiger partial charge in [0, 0.05) is 44.0 Å². The first-order valence-electron chi connectivity index (χ1n) is 20.6. The molecule has 0 N–H and O–H groups in total. The van der Waals surface area contributed by atoms with Crippen LogP contribution in [0.1, 0.15) is 0 Å². The van der Waals surface area contributed by atoms with Crippen molar-refractivity contribution in [3.05, 3.63) is 212 Å². The Bertz CT molecular complexity index is 3630. The molecule has 0 amide bonds. The van der Waals surface area contributed by atoms with Gasteiger partial charge in [-0.05, 0) is 62.5 Å². The Morgan fingerprint density at radius 3 is 1.70 bits per heavy atom. The van der Waals surface area contributed by atoms with Crippen molar-refractivity contribution < 1.29 is 4.42 Å². The lowest BCUT2D eigenvalue weighted by molar-refractivity contribution is 0.669. The zero-order valence-corrected chi connectivity index (χ0v) is 33.0. The number of pyridine rings is 1. The predicted octanol–water partition coefficient (Wildman–Crippen LogP) is 15.2. The molecule has 284 valence electrons. The third-order valence-corrected chi connectivity index (χ3v) is 11.9. The van der Waals surface area contributed by atoms with Gasteiger partial charge in [-0.2, -0.15) is 0 Å². The molecular formula is C57H35N3O. The average Bonchev–Trinajstić information content (AvgIpc) is 3.74. The fraction of sp³-hybridized carbons (Fsp3) is 0. The van der Waals surface area contributed by atoms with Crippen LogP contribution >= 0.6 is 0 Å². The minimum atomic E-state index is 0.680. The van der Waals surface area contributed by atoms with E-state index in [9.17, 15) is 0 Å². The summed E-state index contributed by atoms with van der Waals surface area (Å²) in [5, 5.41) is 7.89. The summed E-state index contributed by atoms with van der Waals surface area (Å²) in [5.74, 6) is 0.680. The van der Waals surface area contributed by atoms with E-state index in [1.807, 2.05) is 36.4 Å². The molecule has 0 bridgehead atoms. The Balaban J connectivity index is 1.06. The van der Waals surface area contributed by atoms with Gasteiger partial charge in [-0.3, -0.25) is 0 Å². The first-order chi connectivity index (χ1) is 30.2. The van der Waals surface area contributed by atoms with E-state index in [-0.39, 0.29) is 0 Å². The van der Waals surface area contributed by atoms with Gasteiger partial charge in [0.2, 0.25) is 0 Å². The Hall–Kier alpha value is -8.21. The standard InChI is InChI=1S/C57H35N3O/c1-3-15-36(16-4-1)37-29-31-38(32-30-37)50-35-51(59-57(58-50)39-17-5-2-6-18-39)42-21-13-20-40(33-42)44-26-14-27-48-53-47-25-11-12-28-52(47)61-56(53)55(60-54(44)48)49-34-41-19-7-8-22-43(41)45-23-9-10-24-46(45)49/h1-35H. The molecule has 0 radical (unpaired) electrons. The summed E-state index contributed by atoms with van der Waals surface area (Å²) in [6.45, 7) is 0. The molecule has 0 aliphatic heterocycles. The molecule has 9 aromatic carbocycles. The first-order valence-corrected chi connectivity index (χ1v) is 20.6. The summed E-state index contributed by atoms with van der Waals surface area (Å²) in [6.07, 6.45) is 0. The van der Waals surface area contributed by atoms with Crippen LogP contribution in [0, 0.1) is 0 Å². The minimum Gasteiger partial charge on any atom is -0.454 e. The van der Waals surface area contributed by atoms with Crippen molar-refractivity contribution in [3.8, 4) is 67.4 Å². The zero-order chi connectivity index (χ0) is 40.3. The van der Waals surface area contributed by atoms with E-state index in [0.717, 1.165) is 99.6 Å². The number of para-hydroxylation sites is 2. The molecule has 0 saturated heterocycles. The van der Waals surface area contributed by atoms with E-state index in [1.165, 1.54) is 16.3 Å². The quantitative estimate of drug-likeness (QED) is 0.158. The predicted molar refractivity (Wildman–Crippen MR) is 252 cm³/mol. The molecule has 0 saturated carbocycles. The van der Waals surface area contributed by atoms with E-state index in [1.54, 1.807) is 0 Å². The number of benzene rings is 9. The number of hydrogen-bond donors (Lipinski definition) is 0. The van der Waals surface area contributed by atoms with Crippen molar-refractivity contribution in [2.45, 2.75) is 0 Å². The van der Waals surface area contributed by atoms with Gasteiger partial charge in [0.1, 0.15) is 11.3 Å². The maximum atomic E-state index is 6.78. The summed E-state index contributed by atoms with van der Waals surface area (Å²) in [7, 11) is 0. The van der Waals surface area contributed by atoms with Gasteiger partial charge < -0.3 is 4.42 Å². The lowest BCUT2D eigenvalue weighted by Crippen LogP contribution is -1.96. The van der Waals surface area contributed by atoms with Crippen LogP contribution in [-0.2, 0) is 0 Å². The van der Waals surface area contributed by atoms with Crippen LogP contribution in [-0.4, -0.2) is 15.0 Å². The van der Waals surface area contributed by atoms with E-state index < -0.39 is 0 Å². The number of hydrogen-bond acceptors (Lipinski definition) is 4. The summed E-state index contributed by atoms with van der Waals surface area (Å²) >= 11 is 0. The monoisotopic (exact) mass is 777 g/mol. The van der Waals surface area contributed by atoms with Gasteiger partial charge in [0.25, 0.3) is 0 Å². The van der Waals surface area contributed by atoms with Crippen molar-refractivity contribution >= 4 is 54.4 Å². The van der Waals surface area contributed by atoms with Gasteiger partial charge in [0.05, 0.1) is 16.9 Å². The SMILES string of the molecule is c1ccc(-c2ccc(-c3cc(-c4cccc(-c5cccc6c5nc(-c5cc7ccccc7c7ccccc57)c5oc7ccccc7c56)c4)nc(-c4ccccc4)n3)cc2)cc1. The lowest BCUT2D eigenvalue weighted by Gasteiger charge is -2.14. The summed E-state index contributed by atoms with van der Waals surface area (Å²) < 4.78 is 6.78. The maximum absolute atomic E-state index is 6.78. The number of furan rings is 1. The first kappa shape index (κ1) is 34.8. The highest BCUT2D eigenvalue weighted by Crippen LogP contribution is 2.44. The topological polar surface area (TPSA) is 51.8 Å². The number of rotatable bonds is 6. The molecule has 12 rings (SSSR count). The fourth-order valence-corrected chi connectivity index (χ4v) is 8.94. The highest BCUT2D eigenvalue weighted by atomic mass is 16.3. The summed E-state index contributed by atoms with van der Waals surface area (Å²) in [6, 6.07) is 74.3. The third kappa shape index (κ3) is 5.96. The molecule has 0 aliphatic rings. The molecule has 0 atom stereocenters. The van der Waals surface area contributed by atoms with Crippen LogP contribution in [0.5, 0.6) is 0 Å². The van der Waals surface area contributed by atoms with E-state index in [0.29, 0.717) is 5.82 Å². The van der Waals surface area contributed by atoms with Crippen LogP contribution in [0.15, 0.2) is 217 Å². The highest BCUT2D eigenvalue weighted by molar-refractivity contribution is 6.24. The lowest BCUT2D eigenvalue weighted by atomic mass is 9.93.